The number of piperazine rings is 2. The van der Waals surface area contributed by atoms with E-state index in [1.54, 1.807) is 0 Å². The van der Waals surface area contributed by atoms with Crippen LogP contribution in [0.4, 0.5) is 11.6 Å². The highest BCUT2D eigenvalue weighted by molar-refractivity contribution is 6.10. The van der Waals surface area contributed by atoms with E-state index in [-0.39, 0.29) is 53.8 Å². The fraction of sp³-hybridized carbons (Fsp3) is 0.371. The van der Waals surface area contributed by atoms with Gasteiger partial charge in [-0.25, -0.2) is 9.97 Å². The zero-order valence-electron chi connectivity index (χ0n) is 51.5. The fourth-order valence-electron chi connectivity index (χ4n) is 11.9. The van der Waals surface area contributed by atoms with E-state index >= 15 is 0 Å². The quantitative estimate of drug-likeness (QED) is 0.0295. The molecular formula is C70H83N11O6. The first-order valence-electron chi connectivity index (χ1n) is 30.6. The van der Waals surface area contributed by atoms with Crippen molar-refractivity contribution in [1.82, 2.24) is 44.2 Å². The summed E-state index contributed by atoms with van der Waals surface area (Å²) in [5, 5.41) is 4.50. The molecule has 6 aromatic heterocycles. The first-order chi connectivity index (χ1) is 42.0. The highest BCUT2D eigenvalue weighted by atomic mass is 16.2. The smallest absolute Gasteiger partial charge is 0.251 e. The van der Waals surface area contributed by atoms with Crippen LogP contribution >= 0.6 is 0 Å². The molecule has 17 nitrogen and oxygen atoms in total. The Morgan fingerprint density at radius 1 is 0.575 bits per heavy atom. The van der Waals surface area contributed by atoms with Crippen molar-refractivity contribution in [3.05, 3.63) is 188 Å². The topological polar surface area (TPSA) is 195 Å². The minimum atomic E-state index is -0.190. The van der Waals surface area contributed by atoms with E-state index in [0.29, 0.717) is 48.2 Å². The summed E-state index contributed by atoms with van der Waals surface area (Å²) in [5.74, 6) is 1.56. The zero-order chi connectivity index (χ0) is 61.7. The Morgan fingerprint density at radius 3 is 1.46 bits per heavy atom. The number of Topliss-reactive ketones (excluding diaryl/α,β-unsaturated/α-hetero) is 2. The first kappa shape index (κ1) is 62.7. The summed E-state index contributed by atoms with van der Waals surface area (Å²) in [6, 6.07) is 24.2. The number of anilines is 2. The van der Waals surface area contributed by atoms with Crippen LogP contribution in [-0.4, -0.2) is 135 Å². The number of aromatic amines is 2. The standard InChI is InChI=1S/C36H44N6O3.C34H39N5O3/c1-5-8-26-21-25(3)39-36(45)29(26)10-11-33(43)31-22-28(27-9-12-34(38-24-27)42-19-17-40(4)18-20-42)23-32-30(31)13-16-41(32)15-7-14-37-35(44)6-2;1-5-7-24-18-23(3)36-34(42)28(24)9-10-32(41)30-19-26(20-31-29(30)12-13-39(31)22-27(40)6-2)25-8-11-33(35-21-25)38-16-14-37(4)15-17-38/h6,9,12-13,16,21-24H,2,5,7-8,10-11,14-15,17-20H2,1,3-4H3,(H,37,44)(H,39,45);6,8,11-13,18-21H,2,5,7,9-10,14-17,22H2,1,3-4H3,(H,36,42). The molecule has 454 valence electrons. The van der Waals surface area contributed by atoms with Crippen molar-refractivity contribution in [2.45, 2.75) is 98.6 Å². The number of carbonyl (C=O) groups is 4. The second-order valence-electron chi connectivity index (χ2n) is 23.2. The van der Waals surface area contributed by atoms with E-state index in [4.69, 9.17) is 9.97 Å². The molecule has 2 aliphatic rings. The predicted molar refractivity (Wildman–Crippen MR) is 350 cm³/mol. The van der Waals surface area contributed by atoms with Gasteiger partial charge in [0, 0.05) is 170 Å². The van der Waals surface area contributed by atoms with Crippen LogP contribution in [0.2, 0.25) is 0 Å². The lowest BCUT2D eigenvalue weighted by atomic mass is 9.94. The highest BCUT2D eigenvalue weighted by Crippen LogP contribution is 2.33. The summed E-state index contributed by atoms with van der Waals surface area (Å²) in [5.41, 5.74) is 11.4. The van der Waals surface area contributed by atoms with Gasteiger partial charge in [-0.15, -0.1) is 0 Å². The maximum atomic E-state index is 13.9. The molecule has 0 saturated carbocycles. The van der Waals surface area contributed by atoms with Gasteiger partial charge in [0.15, 0.2) is 17.3 Å². The molecule has 10 rings (SSSR count). The molecular weight excluding hydrogens is 1090 g/mol. The number of carbonyl (C=O) groups excluding carboxylic acids is 4. The SMILES string of the molecule is C=CC(=O)Cn1ccc2c(C(=O)CCc3c(CCC)cc(C)[nH]c3=O)cc(-c3ccc(N4CCN(C)CC4)nc3)cc21.C=CC(=O)NCCCn1ccc2c(C(=O)CCc3c(CCC)cc(C)[nH]c3=O)cc(-c3ccc(N4CCN(C)CC4)nc3)cc21. The Bertz CT molecular complexity index is 3910. The molecule has 2 saturated heterocycles. The van der Waals surface area contributed by atoms with Gasteiger partial charge in [0.25, 0.3) is 11.1 Å². The van der Waals surface area contributed by atoms with E-state index in [1.807, 2.05) is 97.8 Å². The van der Waals surface area contributed by atoms with Crippen LogP contribution in [0.15, 0.2) is 132 Å². The van der Waals surface area contributed by atoms with Crippen LogP contribution < -0.4 is 26.2 Å². The van der Waals surface area contributed by atoms with Crippen LogP contribution in [0.5, 0.6) is 0 Å². The van der Waals surface area contributed by atoms with Gasteiger partial charge < -0.3 is 44.0 Å². The number of nitrogens with one attached hydrogen (secondary N) is 3. The second-order valence-corrected chi connectivity index (χ2v) is 23.2. The van der Waals surface area contributed by atoms with Gasteiger partial charge in [-0.3, -0.25) is 28.8 Å². The number of H-pyrrole nitrogens is 2. The summed E-state index contributed by atoms with van der Waals surface area (Å²) in [4.78, 5) is 102. The Morgan fingerprint density at radius 2 is 1.03 bits per heavy atom. The number of aromatic nitrogens is 6. The molecule has 3 N–H and O–H groups in total. The zero-order valence-corrected chi connectivity index (χ0v) is 51.5. The van der Waals surface area contributed by atoms with Crippen molar-refractivity contribution in [3.8, 4) is 22.3 Å². The number of nitrogens with zero attached hydrogens (tertiary/aromatic N) is 8. The van der Waals surface area contributed by atoms with Crippen molar-refractivity contribution in [2.75, 3.05) is 82.8 Å². The molecule has 8 heterocycles. The Labute approximate surface area is 509 Å². The molecule has 0 spiro atoms. The van der Waals surface area contributed by atoms with Gasteiger partial charge in [-0.1, -0.05) is 39.8 Å². The first-order valence-corrected chi connectivity index (χ1v) is 30.6. The molecule has 0 atom stereocenters. The van der Waals surface area contributed by atoms with Crippen molar-refractivity contribution >= 4 is 56.7 Å². The van der Waals surface area contributed by atoms with Crippen molar-refractivity contribution < 1.29 is 19.2 Å². The third kappa shape index (κ3) is 15.4. The summed E-state index contributed by atoms with van der Waals surface area (Å²) in [7, 11) is 4.27. The summed E-state index contributed by atoms with van der Waals surface area (Å²) in [6.45, 7) is 24.2. The largest absolute Gasteiger partial charge is 0.354 e. The normalized spacial score (nSPS) is 13.8. The van der Waals surface area contributed by atoms with E-state index in [0.717, 1.165) is 163 Å². The van der Waals surface area contributed by atoms with E-state index in [1.165, 1.54) is 12.2 Å². The van der Waals surface area contributed by atoms with E-state index < -0.39 is 0 Å². The number of hydrogen-bond acceptors (Lipinski definition) is 12. The Kier molecular flexibility index (Phi) is 21.0. The molecule has 1 amide bonds. The van der Waals surface area contributed by atoms with E-state index in [2.05, 4.69) is 98.8 Å². The Balaban J connectivity index is 0.000000208. The van der Waals surface area contributed by atoms with Crippen LogP contribution in [0.1, 0.15) is 100 Å². The number of rotatable bonds is 24. The molecule has 17 heteroatoms. The molecule has 87 heavy (non-hydrogen) atoms. The van der Waals surface area contributed by atoms with Gasteiger partial charge in [-0.2, -0.15) is 0 Å². The van der Waals surface area contributed by atoms with Crippen molar-refractivity contribution in [3.63, 3.8) is 0 Å². The van der Waals surface area contributed by atoms with Gasteiger partial charge in [0.05, 0.1) is 6.54 Å². The average molecular weight is 1170 g/mol. The number of ketones is 3. The number of likely N-dealkylation sites (N-methyl/N-ethyl adjacent to an activating group) is 2. The van der Waals surface area contributed by atoms with Crippen molar-refractivity contribution in [2.24, 2.45) is 0 Å². The highest BCUT2D eigenvalue weighted by Gasteiger charge is 2.22. The van der Waals surface area contributed by atoms with Gasteiger partial charge in [0.2, 0.25) is 5.91 Å². The molecule has 2 aliphatic heterocycles. The van der Waals surface area contributed by atoms with Crippen LogP contribution in [0, 0.1) is 13.8 Å². The predicted octanol–water partition coefficient (Wildman–Crippen LogP) is 9.89. The number of amides is 1. The summed E-state index contributed by atoms with van der Waals surface area (Å²) < 4.78 is 3.99. The fourth-order valence-corrected chi connectivity index (χ4v) is 11.9. The Hall–Kier alpha value is -8.80. The second kappa shape index (κ2) is 29.1. The third-order valence-corrected chi connectivity index (χ3v) is 16.8. The maximum absolute atomic E-state index is 13.9. The van der Waals surface area contributed by atoms with Crippen LogP contribution in [-0.2, 0) is 48.4 Å². The molecule has 2 aromatic carbocycles. The van der Waals surface area contributed by atoms with E-state index in [9.17, 15) is 28.8 Å². The summed E-state index contributed by atoms with van der Waals surface area (Å²) in [6.07, 6.45) is 15.6. The lowest BCUT2D eigenvalue weighted by molar-refractivity contribution is -0.116. The number of aryl methyl sites for hydroxylation is 5. The number of hydrogen-bond donors (Lipinski definition) is 3. The average Bonchev–Trinajstić information content (AvgIpc) is 1.99. The molecule has 0 unspecified atom stereocenters. The molecule has 0 radical (unpaired) electrons. The lowest BCUT2D eigenvalue weighted by Gasteiger charge is -2.33. The minimum Gasteiger partial charge on any atom is -0.354 e. The lowest BCUT2D eigenvalue weighted by Crippen LogP contribution is -2.44. The number of pyridine rings is 4. The van der Waals surface area contributed by atoms with Gasteiger partial charge in [-0.05, 0) is 167 Å². The third-order valence-electron chi connectivity index (χ3n) is 16.8. The van der Waals surface area contributed by atoms with Crippen molar-refractivity contribution in [1.29, 1.82) is 0 Å². The number of allylic oxidation sites excluding steroid dienone is 1. The maximum Gasteiger partial charge on any atom is 0.251 e. The molecule has 2 fully saturated rings. The molecule has 8 aromatic rings. The monoisotopic (exact) mass is 1170 g/mol. The minimum absolute atomic E-state index is 0.00212. The number of fused-ring (bicyclic) bond motifs is 2. The summed E-state index contributed by atoms with van der Waals surface area (Å²) >= 11 is 0. The van der Waals surface area contributed by atoms with Crippen LogP contribution in [0.25, 0.3) is 44.1 Å². The molecule has 0 aliphatic carbocycles. The molecule has 0 bridgehead atoms. The van der Waals surface area contributed by atoms with Gasteiger partial charge in [0.1, 0.15) is 11.6 Å². The number of benzene rings is 2. The van der Waals surface area contributed by atoms with Gasteiger partial charge >= 0.3 is 0 Å². The van der Waals surface area contributed by atoms with Crippen LogP contribution in [0.3, 0.4) is 0 Å².